The highest BCUT2D eigenvalue weighted by atomic mass is 19.3. The third-order valence-corrected chi connectivity index (χ3v) is 3.35. The van der Waals surface area contributed by atoms with Crippen LogP contribution in [0, 0.1) is 0 Å². The molecule has 1 N–H and O–H groups in total. The average molecular weight is 279 g/mol. The summed E-state index contributed by atoms with van der Waals surface area (Å²) in [5.74, 6) is -0.304. The van der Waals surface area contributed by atoms with Crippen molar-refractivity contribution >= 4 is 5.97 Å². The van der Waals surface area contributed by atoms with E-state index in [1.807, 2.05) is 6.92 Å². The number of carbonyl (C=O) groups excluding carboxylic acids is 1. The molecule has 4 nitrogen and oxygen atoms in total. The first-order valence-corrected chi connectivity index (χ1v) is 6.86. The van der Waals surface area contributed by atoms with Crippen LogP contribution in [0.5, 0.6) is 0 Å². The maximum atomic E-state index is 12.2. The normalized spacial score (nSPS) is 27.5. The van der Waals surface area contributed by atoms with Gasteiger partial charge in [-0.25, -0.2) is 8.78 Å². The minimum absolute atomic E-state index is 0.304. The van der Waals surface area contributed by atoms with E-state index in [-0.39, 0.29) is 12.1 Å². The van der Waals surface area contributed by atoms with E-state index >= 15 is 0 Å². The zero-order valence-electron chi connectivity index (χ0n) is 11.6. The molecule has 0 heterocycles. The SMILES string of the molecule is CCNC1(C(=O)OCC)CCCC(OCC(F)F)C1. The van der Waals surface area contributed by atoms with Gasteiger partial charge >= 0.3 is 5.97 Å². The summed E-state index contributed by atoms with van der Waals surface area (Å²) in [6, 6.07) is 0. The fraction of sp³-hybridized carbons (Fsp3) is 0.923. The monoisotopic (exact) mass is 279 g/mol. The van der Waals surface area contributed by atoms with Gasteiger partial charge in [-0.1, -0.05) is 6.92 Å². The molecule has 1 saturated carbocycles. The molecule has 1 aliphatic carbocycles. The van der Waals surface area contributed by atoms with Crippen molar-refractivity contribution in [3.63, 3.8) is 0 Å². The molecular weight excluding hydrogens is 256 g/mol. The number of alkyl halides is 2. The average Bonchev–Trinajstić information content (AvgIpc) is 2.37. The molecule has 6 heteroatoms. The number of hydrogen-bond acceptors (Lipinski definition) is 4. The van der Waals surface area contributed by atoms with Crippen LogP contribution in [-0.2, 0) is 14.3 Å². The Morgan fingerprint density at radius 1 is 1.47 bits per heavy atom. The quantitative estimate of drug-likeness (QED) is 0.725. The van der Waals surface area contributed by atoms with Gasteiger partial charge in [0, 0.05) is 6.42 Å². The van der Waals surface area contributed by atoms with Crippen LogP contribution >= 0.6 is 0 Å². The molecule has 0 amide bonds. The molecule has 0 saturated heterocycles. The Hall–Kier alpha value is -0.750. The van der Waals surface area contributed by atoms with E-state index in [4.69, 9.17) is 9.47 Å². The maximum absolute atomic E-state index is 12.2. The Kier molecular flexibility index (Phi) is 6.65. The number of likely N-dealkylation sites (N-methyl/N-ethyl adjacent to an activating group) is 1. The summed E-state index contributed by atoms with van der Waals surface area (Å²) in [4.78, 5) is 12.1. The number of esters is 1. The number of hydrogen-bond donors (Lipinski definition) is 1. The van der Waals surface area contributed by atoms with Crippen molar-refractivity contribution in [2.45, 2.75) is 57.6 Å². The summed E-state index contributed by atoms with van der Waals surface area (Å²) in [5, 5.41) is 3.16. The maximum Gasteiger partial charge on any atom is 0.326 e. The lowest BCUT2D eigenvalue weighted by molar-refractivity contribution is -0.156. The van der Waals surface area contributed by atoms with Gasteiger partial charge in [0.05, 0.1) is 12.7 Å². The summed E-state index contributed by atoms with van der Waals surface area (Å²) in [5.41, 5.74) is -0.782. The Labute approximate surface area is 112 Å². The molecule has 112 valence electrons. The molecule has 2 atom stereocenters. The number of carbonyl (C=O) groups is 1. The van der Waals surface area contributed by atoms with Crippen LogP contribution in [0.15, 0.2) is 0 Å². The van der Waals surface area contributed by atoms with Gasteiger partial charge < -0.3 is 14.8 Å². The molecule has 1 aliphatic rings. The zero-order valence-corrected chi connectivity index (χ0v) is 11.6. The highest BCUT2D eigenvalue weighted by Crippen LogP contribution is 2.31. The second-order valence-electron chi connectivity index (χ2n) is 4.78. The van der Waals surface area contributed by atoms with Gasteiger partial charge in [0.2, 0.25) is 0 Å². The third-order valence-electron chi connectivity index (χ3n) is 3.35. The van der Waals surface area contributed by atoms with Crippen LogP contribution in [0.1, 0.15) is 39.5 Å². The highest BCUT2D eigenvalue weighted by Gasteiger charge is 2.43. The predicted molar refractivity (Wildman–Crippen MR) is 67.3 cm³/mol. The van der Waals surface area contributed by atoms with Gasteiger partial charge in [-0.2, -0.15) is 0 Å². The molecule has 0 aromatic rings. The smallest absolute Gasteiger partial charge is 0.326 e. The largest absolute Gasteiger partial charge is 0.465 e. The van der Waals surface area contributed by atoms with Crippen molar-refractivity contribution in [1.29, 1.82) is 0 Å². The van der Waals surface area contributed by atoms with Crippen molar-refractivity contribution in [1.82, 2.24) is 5.32 Å². The number of ether oxygens (including phenoxy) is 2. The van der Waals surface area contributed by atoms with Crippen LogP contribution in [0.3, 0.4) is 0 Å². The number of halogens is 2. The van der Waals surface area contributed by atoms with Crippen LogP contribution < -0.4 is 5.32 Å². The first-order chi connectivity index (χ1) is 9.04. The Morgan fingerprint density at radius 3 is 2.79 bits per heavy atom. The molecule has 0 aromatic carbocycles. The summed E-state index contributed by atoms with van der Waals surface area (Å²) < 4.78 is 34.6. The van der Waals surface area contributed by atoms with Crippen molar-refractivity contribution < 1.29 is 23.0 Å². The lowest BCUT2D eigenvalue weighted by Crippen LogP contribution is -2.57. The summed E-state index contributed by atoms with van der Waals surface area (Å²) in [6.45, 7) is 4.03. The van der Waals surface area contributed by atoms with Gasteiger partial charge in [0.15, 0.2) is 0 Å². The molecule has 2 unspecified atom stereocenters. The molecule has 19 heavy (non-hydrogen) atoms. The lowest BCUT2D eigenvalue weighted by Gasteiger charge is -2.39. The number of rotatable bonds is 7. The molecule has 0 bridgehead atoms. The van der Waals surface area contributed by atoms with Crippen molar-refractivity contribution in [2.75, 3.05) is 19.8 Å². The van der Waals surface area contributed by atoms with Crippen molar-refractivity contribution in [3.8, 4) is 0 Å². The molecule has 0 radical (unpaired) electrons. The van der Waals surface area contributed by atoms with Crippen LogP contribution in [0.2, 0.25) is 0 Å². The van der Waals surface area contributed by atoms with Crippen LogP contribution in [0.4, 0.5) is 8.78 Å². The minimum atomic E-state index is -2.47. The van der Waals surface area contributed by atoms with E-state index in [9.17, 15) is 13.6 Å². The second kappa shape index (κ2) is 7.75. The first-order valence-electron chi connectivity index (χ1n) is 6.86. The van der Waals surface area contributed by atoms with E-state index in [2.05, 4.69) is 5.32 Å². The molecule has 1 fully saturated rings. The van der Waals surface area contributed by atoms with E-state index in [0.717, 1.165) is 6.42 Å². The summed E-state index contributed by atoms with van der Waals surface area (Å²) in [6.07, 6.45) is -0.260. The summed E-state index contributed by atoms with van der Waals surface area (Å²) in [7, 11) is 0. The summed E-state index contributed by atoms with van der Waals surface area (Å²) >= 11 is 0. The van der Waals surface area contributed by atoms with Gasteiger partial charge in [-0.05, 0) is 32.7 Å². The fourth-order valence-electron chi connectivity index (χ4n) is 2.60. The minimum Gasteiger partial charge on any atom is -0.465 e. The topological polar surface area (TPSA) is 47.6 Å². The van der Waals surface area contributed by atoms with Gasteiger partial charge in [-0.3, -0.25) is 4.79 Å². The molecule has 1 rings (SSSR count). The highest BCUT2D eigenvalue weighted by molar-refractivity contribution is 5.81. The third kappa shape index (κ3) is 4.69. The Morgan fingerprint density at radius 2 is 2.21 bits per heavy atom. The van der Waals surface area contributed by atoms with Crippen molar-refractivity contribution in [2.24, 2.45) is 0 Å². The predicted octanol–water partition coefficient (Wildman–Crippen LogP) is 2.12. The van der Waals surface area contributed by atoms with Gasteiger partial charge in [-0.15, -0.1) is 0 Å². The van der Waals surface area contributed by atoms with E-state index in [0.29, 0.717) is 32.4 Å². The van der Waals surface area contributed by atoms with Crippen LogP contribution in [-0.4, -0.2) is 43.8 Å². The van der Waals surface area contributed by atoms with Gasteiger partial charge in [0.1, 0.15) is 12.1 Å². The molecule has 0 spiro atoms. The van der Waals surface area contributed by atoms with Gasteiger partial charge in [0.25, 0.3) is 6.43 Å². The molecule has 0 aromatic heterocycles. The lowest BCUT2D eigenvalue weighted by atomic mass is 9.80. The first kappa shape index (κ1) is 16.3. The van der Waals surface area contributed by atoms with E-state index < -0.39 is 18.6 Å². The number of nitrogens with one attached hydrogen (secondary N) is 1. The zero-order chi connectivity index (χ0) is 14.3. The second-order valence-corrected chi connectivity index (χ2v) is 4.78. The Bertz CT molecular complexity index is 285. The Balaban J connectivity index is 2.66. The standard InChI is InChI=1S/C13H23F2NO3/c1-3-16-13(12(17)18-4-2)7-5-6-10(8-13)19-9-11(14)15/h10-11,16H,3-9H2,1-2H3. The molecule has 0 aliphatic heterocycles. The van der Waals surface area contributed by atoms with Crippen molar-refractivity contribution in [3.05, 3.63) is 0 Å². The van der Waals surface area contributed by atoms with E-state index in [1.54, 1.807) is 6.92 Å². The van der Waals surface area contributed by atoms with E-state index in [1.165, 1.54) is 0 Å². The van der Waals surface area contributed by atoms with Crippen LogP contribution in [0.25, 0.3) is 0 Å². The fourth-order valence-corrected chi connectivity index (χ4v) is 2.60. The molecular formula is C13H23F2NO3.